The van der Waals surface area contributed by atoms with Crippen LogP contribution in [0.5, 0.6) is 0 Å². The molecule has 24 heavy (non-hydrogen) atoms. The maximum atomic E-state index is 12.3. The van der Waals surface area contributed by atoms with E-state index in [1.807, 2.05) is 31.2 Å². The lowest BCUT2D eigenvalue weighted by atomic mass is 10.2. The zero-order valence-electron chi connectivity index (χ0n) is 13.5. The van der Waals surface area contributed by atoms with E-state index in [0.29, 0.717) is 10.6 Å². The second-order valence-electron chi connectivity index (χ2n) is 5.93. The number of fused-ring (bicyclic) bond motifs is 1. The van der Waals surface area contributed by atoms with Gasteiger partial charge in [-0.2, -0.15) is 0 Å². The number of carbonyl (C=O) groups is 2. The SMILES string of the molecule is Cc1ccc(NC(=O)[C@H](C)OC(=O)c2cc3c(s2)CCC3)c(Br)c1. The topological polar surface area (TPSA) is 55.4 Å². The first-order valence-electron chi connectivity index (χ1n) is 7.83. The zero-order chi connectivity index (χ0) is 17.3. The lowest BCUT2D eigenvalue weighted by molar-refractivity contribution is -0.123. The molecule has 0 saturated carbocycles. The van der Waals surface area contributed by atoms with Gasteiger partial charge < -0.3 is 10.1 Å². The highest BCUT2D eigenvalue weighted by Crippen LogP contribution is 2.31. The van der Waals surface area contributed by atoms with E-state index in [1.165, 1.54) is 21.8 Å². The smallest absolute Gasteiger partial charge is 0.349 e. The van der Waals surface area contributed by atoms with Gasteiger partial charge >= 0.3 is 5.97 Å². The highest BCUT2D eigenvalue weighted by Gasteiger charge is 2.23. The summed E-state index contributed by atoms with van der Waals surface area (Å²) < 4.78 is 6.11. The van der Waals surface area contributed by atoms with E-state index in [-0.39, 0.29) is 5.91 Å². The molecule has 0 unspecified atom stereocenters. The van der Waals surface area contributed by atoms with Crippen LogP contribution in [0.15, 0.2) is 28.7 Å². The molecule has 126 valence electrons. The van der Waals surface area contributed by atoms with E-state index in [0.717, 1.165) is 29.3 Å². The molecule has 1 N–H and O–H groups in total. The summed E-state index contributed by atoms with van der Waals surface area (Å²) in [5, 5.41) is 2.77. The van der Waals surface area contributed by atoms with Crippen molar-refractivity contribution in [2.75, 3.05) is 5.32 Å². The lowest BCUT2D eigenvalue weighted by Crippen LogP contribution is -2.29. The number of hydrogen-bond acceptors (Lipinski definition) is 4. The van der Waals surface area contributed by atoms with Crippen molar-refractivity contribution in [1.29, 1.82) is 0 Å². The van der Waals surface area contributed by atoms with Gasteiger partial charge in [0.05, 0.1) is 5.69 Å². The first kappa shape index (κ1) is 17.2. The lowest BCUT2D eigenvalue weighted by Gasteiger charge is -2.14. The number of carbonyl (C=O) groups excluding carboxylic acids is 2. The van der Waals surface area contributed by atoms with Gasteiger partial charge in [0, 0.05) is 9.35 Å². The molecular weight excluding hydrogens is 390 g/mol. The molecule has 0 saturated heterocycles. The summed E-state index contributed by atoms with van der Waals surface area (Å²) in [4.78, 5) is 26.3. The summed E-state index contributed by atoms with van der Waals surface area (Å²) in [6.07, 6.45) is 2.35. The predicted molar refractivity (Wildman–Crippen MR) is 98.7 cm³/mol. The fourth-order valence-electron chi connectivity index (χ4n) is 2.66. The third kappa shape index (κ3) is 3.70. The first-order chi connectivity index (χ1) is 11.4. The number of benzene rings is 1. The van der Waals surface area contributed by atoms with Crippen LogP contribution in [-0.2, 0) is 22.4 Å². The van der Waals surface area contributed by atoms with Crippen LogP contribution in [0.2, 0.25) is 0 Å². The minimum atomic E-state index is -0.859. The van der Waals surface area contributed by atoms with Crippen molar-refractivity contribution in [2.45, 2.75) is 39.2 Å². The number of aryl methyl sites for hydroxylation is 3. The van der Waals surface area contributed by atoms with E-state index in [9.17, 15) is 9.59 Å². The molecule has 4 nitrogen and oxygen atoms in total. The van der Waals surface area contributed by atoms with Crippen LogP contribution in [0.3, 0.4) is 0 Å². The Bertz CT molecular complexity index is 778. The van der Waals surface area contributed by atoms with Crippen molar-refractivity contribution in [3.8, 4) is 0 Å². The molecule has 0 aliphatic heterocycles. The van der Waals surface area contributed by atoms with Gasteiger partial charge in [0.2, 0.25) is 0 Å². The van der Waals surface area contributed by atoms with Crippen LogP contribution in [0.1, 0.15) is 39.0 Å². The molecule has 1 atom stereocenters. The van der Waals surface area contributed by atoms with Crippen LogP contribution in [-0.4, -0.2) is 18.0 Å². The number of rotatable bonds is 4. The van der Waals surface area contributed by atoms with Gasteiger partial charge in [-0.25, -0.2) is 4.79 Å². The van der Waals surface area contributed by atoms with Crippen molar-refractivity contribution in [3.05, 3.63) is 49.6 Å². The molecule has 1 amide bonds. The number of nitrogens with one attached hydrogen (secondary N) is 1. The number of ether oxygens (including phenoxy) is 1. The van der Waals surface area contributed by atoms with E-state index >= 15 is 0 Å². The Morgan fingerprint density at radius 3 is 2.79 bits per heavy atom. The maximum Gasteiger partial charge on any atom is 0.349 e. The quantitative estimate of drug-likeness (QED) is 0.759. The highest BCUT2D eigenvalue weighted by atomic mass is 79.9. The highest BCUT2D eigenvalue weighted by molar-refractivity contribution is 9.10. The summed E-state index contributed by atoms with van der Waals surface area (Å²) in [6, 6.07) is 7.54. The molecule has 3 rings (SSSR count). The molecule has 1 aliphatic carbocycles. The Morgan fingerprint density at radius 1 is 1.29 bits per heavy atom. The van der Waals surface area contributed by atoms with E-state index in [2.05, 4.69) is 21.2 Å². The Balaban J connectivity index is 1.61. The minimum Gasteiger partial charge on any atom is -0.448 e. The molecule has 0 bridgehead atoms. The Hall–Kier alpha value is -1.66. The average Bonchev–Trinajstić information content (AvgIpc) is 3.11. The Kier molecular flexibility index (Phi) is 5.06. The van der Waals surface area contributed by atoms with Gasteiger partial charge in [-0.05, 0) is 78.4 Å². The van der Waals surface area contributed by atoms with Crippen LogP contribution in [0.25, 0.3) is 0 Å². The minimum absolute atomic E-state index is 0.350. The van der Waals surface area contributed by atoms with Gasteiger partial charge in [-0.15, -0.1) is 11.3 Å². The van der Waals surface area contributed by atoms with Crippen LogP contribution < -0.4 is 5.32 Å². The standard InChI is InChI=1S/C18H18BrNO3S/c1-10-6-7-14(13(19)8-10)20-17(21)11(2)23-18(22)16-9-12-4-3-5-15(12)24-16/h6-9,11H,3-5H2,1-2H3,(H,20,21)/t11-/m0/s1. The summed E-state index contributed by atoms with van der Waals surface area (Å²) >= 11 is 4.89. The predicted octanol–water partition coefficient (Wildman–Crippen LogP) is 4.49. The number of amides is 1. The molecule has 1 aliphatic rings. The Morgan fingerprint density at radius 2 is 2.08 bits per heavy atom. The average molecular weight is 408 g/mol. The molecular formula is C18H18BrNO3S. The van der Waals surface area contributed by atoms with Gasteiger partial charge in [0.25, 0.3) is 5.91 Å². The second-order valence-corrected chi connectivity index (χ2v) is 7.92. The van der Waals surface area contributed by atoms with Crippen molar-refractivity contribution in [2.24, 2.45) is 0 Å². The van der Waals surface area contributed by atoms with Crippen molar-refractivity contribution in [1.82, 2.24) is 0 Å². The summed E-state index contributed by atoms with van der Waals surface area (Å²) in [7, 11) is 0. The molecule has 1 aromatic carbocycles. The summed E-state index contributed by atoms with van der Waals surface area (Å²) in [5.74, 6) is -0.781. The number of halogens is 1. The zero-order valence-corrected chi connectivity index (χ0v) is 15.9. The van der Waals surface area contributed by atoms with E-state index in [4.69, 9.17) is 4.74 Å². The van der Waals surface area contributed by atoms with Crippen molar-refractivity contribution in [3.63, 3.8) is 0 Å². The molecule has 0 spiro atoms. The number of hydrogen-bond donors (Lipinski definition) is 1. The molecule has 0 fully saturated rings. The largest absolute Gasteiger partial charge is 0.448 e. The van der Waals surface area contributed by atoms with Gasteiger partial charge in [-0.3, -0.25) is 4.79 Å². The molecule has 1 heterocycles. The summed E-state index contributed by atoms with van der Waals surface area (Å²) in [6.45, 7) is 3.55. The van der Waals surface area contributed by atoms with Crippen molar-refractivity contribution >= 4 is 44.8 Å². The van der Waals surface area contributed by atoms with E-state index < -0.39 is 12.1 Å². The maximum absolute atomic E-state index is 12.3. The Labute approximate surface area is 153 Å². The normalized spacial score (nSPS) is 14.1. The fraction of sp³-hybridized carbons (Fsp3) is 0.333. The molecule has 1 aromatic heterocycles. The van der Waals surface area contributed by atoms with Gasteiger partial charge in [0.1, 0.15) is 4.88 Å². The summed E-state index contributed by atoms with van der Waals surface area (Å²) in [5.41, 5.74) is 2.99. The monoisotopic (exact) mass is 407 g/mol. The third-order valence-electron chi connectivity index (χ3n) is 3.98. The second kappa shape index (κ2) is 7.07. The van der Waals surface area contributed by atoms with Gasteiger partial charge in [0.15, 0.2) is 6.10 Å². The molecule has 0 radical (unpaired) electrons. The fourth-order valence-corrected chi connectivity index (χ4v) is 4.39. The van der Waals surface area contributed by atoms with Crippen molar-refractivity contribution < 1.29 is 14.3 Å². The van der Waals surface area contributed by atoms with Crippen LogP contribution in [0.4, 0.5) is 5.69 Å². The molecule has 2 aromatic rings. The van der Waals surface area contributed by atoms with Gasteiger partial charge in [-0.1, -0.05) is 6.07 Å². The molecule has 6 heteroatoms. The number of anilines is 1. The van der Waals surface area contributed by atoms with Crippen LogP contribution >= 0.6 is 27.3 Å². The first-order valence-corrected chi connectivity index (χ1v) is 9.44. The number of esters is 1. The third-order valence-corrected chi connectivity index (χ3v) is 5.86. The number of thiophene rings is 1. The van der Waals surface area contributed by atoms with Crippen LogP contribution in [0, 0.1) is 6.92 Å². The van der Waals surface area contributed by atoms with E-state index in [1.54, 1.807) is 6.92 Å².